The predicted molar refractivity (Wildman–Crippen MR) is 197 cm³/mol. The van der Waals surface area contributed by atoms with Gasteiger partial charge in [-0.25, -0.2) is 0 Å². The van der Waals surface area contributed by atoms with Crippen LogP contribution in [-0.4, -0.2) is 15.9 Å². The van der Waals surface area contributed by atoms with Crippen LogP contribution in [0.3, 0.4) is 0 Å². The molecule has 1 radical (unpaired) electrons. The van der Waals surface area contributed by atoms with Gasteiger partial charge in [0.25, 0.3) is 0 Å². The van der Waals surface area contributed by atoms with Gasteiger partial charge in [0.1, 0.15) is 16.9 Å². The van der Waals surface area contributed by atoms with Crippen molar-refractivity contribution in [2.75, 3.05) is 0 Å². The van der Waals surface area contributed by atoms with Gasteiger partial charge in [0.05, 0.1) is 11.3 Å². The van der Waals surface area contributed by atoms with Crippen molar-refractivity contribution in [2.45, 2.75) is 60.3 Å². The van der Waals surface area contributed by atoms with Crippen LogP contribution >= 0.6 is 0 Å². The van der Waals surface area contributed by atoms with E-state index in [1.807, 2.05) is 82.4 Å². The average molecular weight is 829 g/mol. The minimum absolute atomic E-state index is 0. The van der Waals surface area contributed by atoms with E-state index in [0.717, 1.165) is 97.5 Å². The van der Waals surface area contributed by atoms with Gasteiger partial charge in [0.15, 0.2) is 5.78 Å². The van der Waals surface area contributed by atoms with Crippen molar-refractivity contribution in [1.82, 2.24) is 4.98 Å². The summed E-state index contributed by atoms with van der Waals surface area (Å²) in [6.07, 6.45) is 6.73. The zero-order valence-corrected chi connectivity index (χ0v) is 31.1. The standard InChI is InChI=1S/C30H18NO2.C13H24O2.Ir/c1-18-21-9-4-6-12-26(21)32-29(18)20-14-15-31-25(17-20)24-16-19-8-2-3-10-22(19)28-23-11-5-7-13-27(23)33-30(24)28;1-5-10(6-2)12(14)9-13(15)11(7-3)8-4;/h2-15,17H,1H3;9-11,14H,5-8H2,1-4H3;/q-1;;/b;12-9-;. The van der Waals surface area contributed by atoms with Gasteiger partial charge in [-0.2, -0.15) is 0 Å². The number of fused-ring (bicyclic) bond motifs is 6. The maximum Gasteiger partial charge on any atom is 0.162 e. The largest absolute Gasteiger partial charge is 0.512 e. The first-order chi connectivity index (χ1) is 23.4. The van der Waals surface area contributed by atoms with E-state index in [1.165, 1.54) is 6.08 Å². The Kier molecular flexibility index (Phi) is 11.5. The van der Waals surface area contributed by atoms with Crippen molar-refractivity contribution in [2.24, 2.45) is 11.8 Å². The van der Waals surface area contributed by atoms with Crippen molar-refractivity contribution in [3.05, 3.63) is 115 Å². The summed E-state index contributed by atoms with van der Waals surface area (Å²) in [5.74, 6) is 1.41. The average Bonchev–Trinajstić information content (AvgIpc) is 3.68. The molecule has 0 aliphatic heterocycles. The molecule has 0 amide bonds. The summed E-state index contributed by atoms with van der Waals surface area (Å²) in [4.78, 5) is 16.4. The van der Waals surface area contributed by atoms with Crippen LogP contribution in [0.2, 0.25) is 0 Å². The summed E-state index contributed by atoms with van der Waals surface area (Å²) < 4.78 is 12.6. The van der Waals surface area contributed by atoms with Crippen LogP contribution in [0.15, 0.2) is 112 Å². The maximum absolute atomic E-state index is 11.7. The molecule has 0 bridgehead atoms. The molecular formula is C43H42IrNO4-. The topological polar surface area (TPSA) is 76.5 Å². The molecule has 0 saturated heterocycles. The molecule has 4 aromatic carbocycles. The van der Waals surface area contributed by atoms with Gasteiger partial charge < -0.3 is 13.9 Å². The smallest absolute Gasteiger partial charge is 0.162 e. The Labute approximate surface area is 301 Å². The first-order valence-corrected chi connectivity index (χ1v) is 17.0. The number of carbonyl (C=O) groups is 1. The number of aromatic nitrogens is 1. The summed E-state index contributed by atoms with van der Waals surface area (Å²) >= 11 is 0. The molecule has 6 heteroatoms. The molecule has 5 nitrogen and oxygen atoms in total. The molecule has 49 heavy (non-hydrogen) atoms. The summed E-state index contributed by atoms with van der Waals surface area (Å²) in [5, 5.41) is 15.3. The third-order valence-corrected chi connectivity index (χ3v) is 9.48. The molecule has 253 valence electrons. The Balaban J connectivity index is 0.000000252. The third-order valence-electron chi connectivity index (χ3n) is 9.48. The molecule has 0 aliphatic carbocycles. The van der Waals surface area contributed by atoms with E-state index in [2.05, 4.69) is 49.4 Å². The van der Waals surface area contributed by atoms with Crippen molar-refractivity contribution in [3.8, 4) is 22.6 Å². The Bertz CT molecular complexity index is 2250. The second-order valence-electron chi connectivity index (χ2n) is 12.3. The van der Waals surface area contributed by atoms with Crippen LogP contribution in [0.5, 0.6) is 0 Å². The fourth-order valence-corrected chi connectivity index (χ4v) is 6.61. The van der Waals surface area contributed by atoms with E-state index in [-0.39, 0.29) is 43.5 Å². The zero-order chi connectivity index (χ0) is 33.8. The quantitative estimate of drug-likeness (QED) is 0.0891. The number of para-hydroxylation sites is 2. The number of aryl methyl sites for hydroxylation is 1. The van der Waals surface area contributed by atoms with Gasteiger partial charge in [-0.1, -0.05) is 99.3 Å². The minimum Gasteiger partial charge on any atom is -0.512 e. The number of nitrogens with zero attached hydrogens (tertiary/aromatic N) is 1. The molecule has 0 unspecified atom stereocenters. The summed E-state index contributed by atoms with van der Waals surface area (Å²) in [6, 6.07) is 32.2. The van der Waals surface area contributed by atoms with Crippen LogP contribution in [0.4, 0.5) is 0 Å². The second kappa shape index (κ2) is 15.8. The Morgan fingerprint density at radius 1 is 0.796 bits per heavy atom. The number of carbonyl (C=O) groups excluding carboxylic acids is 1. The SMILES string of the molecule is CCC(CC)C(=O)/C=C(\O)C(CC)CC.Cc1c(-c2ccnc(-c3[c-]c4ccccc4c4c3oc3ccccc34)c2)oc2ccccc12.[Ir]. The maximum atomic E-state index is 11.7. The molecular weight excluding hydrogens is 787 g/mol. The van der Waals surface area contributed by atoms with Crippen LogP contribution in [0, 0.1) is 24.8 Å². The van der Waals surface area contributed by atoms with Crippen LogP contribution < -0.4 is 0 Å². The Hall–Kier alpha value is -4.51. The molecule has 1 N–H and O–H groups in total. The Morgan fingerprint density at radius 2 is 1.39 bits per heavy atom. The second-order valence-corrected chi connectivity index (χ2v) is 12.3. The summed E-state index contributed by atoms with van der Waals surface area (Å²) in [6.45, 7) is 10.2. The molecule has 7 aromatic rings. The number of rotatable bonds is 9. The molecule has 3 aromatic heterocycles. The fourth-order valence-electron chi connectivity index (χ4n) is 6.61. The third kappa shape index (κ3) is 7.13. The van der Waals surface area contributed by atoms with Gasteiger partial charge in [-0.3, -0.25) is 9.78 Å². The van der Waals surface area contributed by atoms with Gasteiger partial charge in [-0.15, -0.1) is 17.5 Å². The number of allylic oxidation sites excluding steroid dienone is 2. The Morgan fingerprint density at radius 3 is 2.04 bits per heavy atom. The molecule has 0 spiro atoms. The van der Waals surface area contributed by atoms with Crippen molar-refractivity contribution >= 4 is 49.5 Å². The van der Waals surface area contributed by atoms with Crippen LogP contribution in [-0.2, 0) is 24.9 Å². The first kappa shape index (κ1) is 35.8. The van der Waals surface area contributed by atoms with Gasteiger partial charge >= 0.3 is 0 Å². The van der Waals surface area contributed by atoms with E-state index >= 15 is 0 Å². The van der Waals surface area contributed by atoms with Crippen LogP contribution in [0.1, 0.15) is 58.9 Å². The summed E-state index contributed by atoms with van der Waals surface area (Å²) in [7, 11) is 0. The van der Waals surface area contributed by atoms with Crippen molar-refractivity contribution < 1.29 is 38.8 Å². The summed E-state index contributed by atoms with van der Waals surface area (Å²) in [5.41, 5.74) is 6.33. The van der Waals surface area contributed by atoms with E-state index in [4.69, 9.17) is 13.8 Å². The molecule has 0 atom stereocenters. The number of hydrogen-bond donors (Lipinski definition) is 1. The zero-order valence-electron chi connectivity index (χ0n) is 28.7. The van der Waals surface area contributed by atoms with E-state index in [1.54, 1.807) is 0 Å². The van der Waals surface area contributed by atoms with Gasteiger partial charge in [0.2, 0.25) is 0 Å². The monoisotopic (exact) mass is 829 g/mol. The van der Waals surface area contributed by atoms with Gasteiger partial charge in [0, 0.05) is 71.8 Å². The normalized spacial score (nSPS) is 11.8. The van der Waals surface area contributed by atoms with E-state index < -0.39 is 0 Å². The number of benzene rings is 4. The predicted octanol–water partition coefficient (Wildman–Crippen LogP) is 12.2. The number of aliphatic hydroxyl groups is 1. The molecule has 0 saturated carbocycles. The number of aliphatic hydroxyl groups excluding tert-OH is 1. The van der Waals surface area contributed by atoms with E-state index in [9.17, 15) is 9.90 Å². The number of pyridine rings is 1. The van der Waals surface area contributed by atoms with Gasteiger partial charge in [-0.05, 0) is 56.2 Å². The van der Waals surface area contributed by atoms with Crippen molar-refractivity contribution in [3.63, 3.8) is 0 Å². The fraction of sp³-hybridized carbons (Fsp3) is 0.256. The number of hydrogen-bond acceptors (Lipinski definition) is 5. The van der Waals surface area contributed by atoms with Crippen molar-refractivity contribution in [1.29, 1.82) is 0 Å². The number of ketones is 1. The molecule has 3 heterocycles. The molecule has 0 fully saturated rings. The first-order valence-electron chi connectivity index (χ1n) is 17.0. The molecule has 7 rings (SSSR count). The minimum atomic E-state index is 0. The molecule has 0 aliphatic rings. The van der Waals surface area contributed by atoms with Crippen LogP contribution in [0.25, 0.3) is 66.3 Å². The number of furan rings is 2. The van der Waals surface area contributed by atoms with E-state index in [0.29, 0.717) is 0 Å².